The summed E-state index contributed by atoms with van der Waals surface area (Å²) >= 11 is 5.62. The van der Waals surface area contributed by atoms with Crippen LogP contribution in [0.5, 0.6) is 5.75 Å². The lowest BCUT2D eigenvalue weighted by Crippen LogP contribution is -2.55. The van der Waals surface area contributed by atoms with E-state index in [9.17, 15) is 29.4 Å². The number of ether oxygens (including phenoxy) is 4. The number of para-hydroxylation sites is 1. The molecule has 4 aliphatic heterocycles. The third-order valence-electron chi connectivity index (χ3n) is 11.9. The molecule has 18 heteroatoms. The second kappa shape index (κ2) is 16.0. The number of nitrogens with zero attached hydrogens (tertiary/aromatic N) is 3. The molecule has 1 amide bonds. The summed E-state index contributed by atoms with van der Waals surface area (Å²) in [6.45, 7) is 3.51. The fraction of sp³-hybridized carbons (Fsp3) is 0.372. The molecule has 2 fully saturated rings. The van der Waals surface area contributed by atoms with E-state index >= 15 is 0 Å². The number of hydrogen-bond acceptors (Lipinski definition) is 13. The Morgan fingerprint density at radius 1 is 1.10 bits per heavy atom. The molecule has 1 spiro atoms. The van der Waals surface area contributed by atoms with E-state index in [2.05, 4.69) is 25.9 Å². The van der Waals surface area contributed by atoms with Gasteiger partial charge in [-0.3, -0.25) is 9.59 Å². The molecule has 2 saturated heterocycles. The Hall–Kier alpha value is -6.21. The summed E-state index contributed by atoms with van der Waals surface area (Å²) in [4.78, 5) is 68.1. The SMILES string of the molecule is CC1CCC2(OC(=O)C1NC(=O)[C@H](Cc1cnc[nH]1)NC(=S)Nc1ccc(O[C@H]3OC(C)[C@@H](O)C[C@@H]3O)cc1)C(=O)OCc1c2cc2n(c1=O)Cc1cc3ccccc3nc1-2. The van der Waals surface area contributed by atoms with Gasteiger partial charge in [0.1, 0.15) is 30.5 Å². The van der Waals surface area contributed by atoms with E-state index in [1.807, 2.05) is 30.3 Å². The molecule has 2 aromatic carbocycles. The summed E-state index contributed by atoms with van der Waals surface area (Å²) in [5.41, 5.74) is 2.13. The highest BCUT2D eigenvalue weighted by molar-refractivity contribution is 7.80. The number of benzene rings is 2. The van der Waals surface area contributed by atoms with Gasteiger partial charge >= 0.3 is 11.9 Å². The van der Waals surface area contributed by atoms with Crippen LogP contribution < -0.4 is 26.2 Å². The van der Waals surface area contributed by atoms with Crippen molar-refractivity contribution in [3.63, 3.8) is 0 Å². The van der Waals surface area contributed by atoms with Crippen LogP contribution in [-0.2, 0) is 53.8 Å². The Labute approximate surface area is 353 Å². The number of fused-ring (bicyclic) bond motifs is 6. The van der Waals surface area contributed by atoms with Crippen LogP contribution in [-0.4, -0.2) is 89.4 Å². The predicted molar refractivity (Wildman–Crippen MR) is 222 cm³/mol. The Bertz CT molecular complexity index is 2600. The third kappa shape index (κ3) is 7.60. The first-order valence-corrected chi connectivity index (χ1v) is 20.5. The molecule has 0 aliphatic carbocycles. The maximum atomic E-state index is 14.2. The van der Waals surface area contributed by atoms with Gasteiger partial charge in [0.2, 0.25) is 17.8 Å². The van der Waals surface area contributed by atoms with Gasteiger partial charge in [0, 0.05) is 53.4 Å². The third-order valence-corrected chi connectivity index (χ3v) is 12.1. The van der Waals surface area contributed by atoms with Crippen LogP contribution >= 0.6 is 12.2 Å². The van der Waals surface area contributed by atoms with E-state index in [4.69, 9.17) is 36.1 Å². The molecule has 0 saturated carbocycles. The quantitative estimate of drug-likeness (QED) is 0.0956. The minimum absolute atomic E-state index is 0.0170. The number of aromatic nitrogens is 4. The number of H-pyrrole nitrogens is 1. The molecular weight excluding hydrogens is 807 g/mol. The lowest BCUT2D eigenvalue weighted by atomic mass is 9.82. The zero-order valence-electron chi connectivity index (χ0n) is 33.1. The number of carbonyl (C=O) groups is 3. The molecule has 8 atom stereocenters. The number of aliphatic hydroxyl groups excluding tert-OH is 2. The van der Waals surface area contributed by atoms with Crippen molar-refractivity contribution in [2.24, 2.45) is 5.92 Å². The van der Waals surface area contributed by atoms with E-state index in [0.717, 1.165) is 16.5 Å². The minimum Gasteiger partial charge on any atom is -0.462 e. The van der Waals surface area contributed by atoms with Crippen LogP contribution in [0, 0.1) is 5.92 Å². The molecule has 0 radical (unpaired) electrons. The van der Waals surface area contributed by atoms with Gasteiger partial charge in [-0.2, -0.15) is 0 Å². The molecule has 316 valence electrons. The van der Waals surface area contributed by atoms with Gasteiger partial charge in [-0.1, -0.05) is 25.1 Å². The first kappa shape index (κ1) is 40.2. The van der Waals surface area contributed by atoms with E-state index in [-0.39, 0.29) is 54.1 Å². The molecule has 9 rings (SSSR count). The fourth-order valence-corrected chi connectivity index (χ4v) is 8.69. The summed E-state index contributed by atoms with van der Waals surface area (Å²) in [5, 5.41) is 30.2. The standard InChI is InChI=1S/C43H43N7O10S/c1-21-11-12-43(29-15-32-36-24(13-23-5-3-4-6-30(23)47-36)18-50(32)38(54)28(29)19-57-41(43)56)60-39(55)35(21)49-37(53)31(14-26-17-44-20-45-26)48-42(61)46-25-7-9-27(10-8-25)59-40-34(52)16-33(51)22(2)58-40/h3-10,13,15,17,20-22,31,33-35,40,51-52H,11-12,14,16,18-19H2,1-2H3,(H,44,45)(H,49,53)(H2,46,48,61)/t21?,22?,31-,33-,34-,35?,40+,43?/m0/s1. The number of esters is 2. The Morgan fingerprint density at radius 2 is 1.90 bits per heavy atom. The number of anilines is 1. The first-order chi connectivity index (χ1) is 29.4. The van der Waals surface area contributed by atoms with Gasteiger partial charge in [-0.15, -0.1) is 0 Å². The van der Waals surface area contributed by atoms with Crippen LogP contribution in [0.1, 0.15) is 55.5 Å². The first-order valence-electron chi connectivity index (χ1n) is 20.1. The largest absolute Gasteiger partial charge is 0.462 e. The Balaban J connectivity index is 0.918. The summed E-state index contributed by atoms with van der Waals surface area (Å²) in [7, 11) is 0. The molecule has 7 heterocycles. The maximum absolute atomic E-state index is 14.2. The number of cyclic esters (lactones) is 1. The molecule has 4 aliphatic rings. The van der Waals surface area contributed by atoms with Crippen molar-refractivity contribution in [3.8, 4) is 17.1 Å². The van der Waals surface area contributed by atoms with Crippen LogP contribution in [0.4, 0.5) is 5.69 Å². The number of nitrogens with one attached hydrogen (secondary N) is 4. The van der Waals surface area contributed by atoms with Gasteiger partial charge < -0.3 is 54.7 Å². The number of pyridine rings is 2. The number of imidazole rings is 1. The van der Waals surface area contributed by atoms with Gasteiger partial charge in [0.05, 0.1) is 47.5 Å². The van der Waals surface area contributed by atoms with Crippen LogP contribution in [0.15, 0.2) is 78.0 Å². The Morgan fingerprint density at radius 3 is 2.69 bits per heavy atom. The summed E-state index contributed by atoms with van der Waals surface area (Å²) in [5.74, 6) is -2.29. The topological polar surface area (TPSA) is 228 Å². The molecule has 3 aromatic heterocycles. The highest BCUT2D eigenvalue weighted by Gasteiger charge is 2.54. The van der Waals surface area contributed by atoms with Crippen molar-refractivity contribution >= 4 is 51.8 Å². The second-order valence-electron chi connectivity index (χ2n) is 16.0. The van der Waals surface area contributed by atoms with Crippen molar-refractivity contribution in [1.82, 2.24) is 30.2 Å². The van der Waals surface area contributed by atoms with Crippen LogP contribution in [0.3, 0.4) is 0 Å². The molecule has 0 bridgehead atoms. The number of amides is 1. The molecule has 6 N–H and O–H groups in total. The van der Waals surface area contributed by atoms with Crippen molar-refractivity contribution in [2.75, 3.05) is 5.32 Å². The zero-order valence-corrected chi connectivity index (χ0v) is 33.9. The van der Waals surface area contributed by atoms with E-state index in [1.54, 1.807) is 54.9 Å². The van der Waals surface area contributed by atoms with Gasteiger partial charge in [0.15, 0.2) is 5.11 Å². The molecule has 17 nitrogen and oxygen atoms in total. The minimum atomic E-state index is -1.92. The number of hydrogen-bond donors (Lipinski definition) is 6. The highest BCUT2D eigenvalue weighted by Crippen LogP contribution is 2.44. The van der Waals surface area contributed by atoms with E-state index in [0.29, 0.717) is 35.1 Å². The van der Waals surface area contributed by atoms with E-state index in [1.165, 1.54) is 6.33 Å². The smallest absolute Gasteiger partial charge is 0.355 e. The molecule has 5 aromatic rings. The molecular formula is C43H43N7O10S. The fourth-order valence-electron chi connectivity index (χ4n) is 8.43. The van der Waals surface area contributed by atoms with Gasteiger partial charge in [-0.05, 0) is 73.9 Å². The average Bonchev–Trinajstić information content (AvgIpc) is 3.87. The van der Waals surface area contributed by atoms with Crippen molar-refractivity contribution in [3.05, 3.63) is 106 Å². The summed E-state index contributed by atoms with van der Waals surface area (Å²) in [6.07, 6.45) is 0.309. The lowest BCUT2D eigenvalue weighted by molar-refractivity contribution is -0.228. The van der Waals surface area contributed by atoms with Crippen LogP contribution in [0.2, 0.25) is 0 Å². The highest BCUT2D eigenvalue weighted by atomic mass is 32.1. The number of rotatable bonds is 8. The number of aliphatic hydroxyl groups is 2. The normalized spacial score (nSPS) is 25.9. The maximum Gasteiger partial charge on any atom is 0.355 e. The van der Waals surface area contributed by atoms with Crippen molar-refractivity contribution < 1.29 is 43.5 Å². The van der Waals surface area contributed by atoms with Gasteiger partial charge in [-0.25, -0.2) is 19.6 Å². The average molecular weight is 850 g/mol. The zero-order chi connectivity index (χ0) is 42.6. The number of carbonyl (C=O) groups excluding carboxylic acids is 3. The van der Waals surface area contributed by atoms with Crippen molar-refractivity contribution in [2.45, 2.75) is 95.0 Å². The molecule has 4 unspecified atom stereocenters. The monoisotopic (exact) mass is 849 g/mol. The lowest BCUT2D eigenvalue weighted by Gasteiger charge is -2.35. The number of thiocarbonyl (C=S) groups is 1. The van der Waals surface area contributed by atoms with Crippen molar-refractivity contribution in [1.29, 1.82) is 0 Å². The van der Waals surface area contributed by atoms with E-state index < -0.39 is 66.1 Å². The molecule has 61 heavy (non-hydrogen) atoms. The second-order valence-corrected chi connectivity index (χ2v) is 16.4. The summed E-state index contributed by atoms with van der Waals surface area (Å²) < 4.78 is 24.7. The predicted octanol–water partition coefficient (Wildman–Crippen LogP) is 2.69. The van der Waals surface area contributed by atoms with Gasteiger partial charge in [0.25, 0.3) is 5.56 Å². The summed E-state index contributed by atoms with van der Waals surface area (Å²) in [6, 6.07) is 15.9. The van der Waals surface area contributed by atoms with Crippen LogP contribution in [0.25, 0.3) is 22.3 Å². The number of aromatic amines is 1. The Kier molecular flexibility index (Phi) is 10.5.